The average molecular weight is 263 g/mol. The van der Waals surface area contributed by atoms with Gasteiger partial charge in [-0.1, -0.05) is 12.1 Å². The standard InChI is InChI=1S/C13H13NO3S/c1-17-11-5-2-4-10(8-11)9-14(13(15)16)12-6-3-7-18-12/h2-8H,9H2,1H3,(H,15,16). The van der Waals surface area contributed by atoms with Crippen molar-refractivity contribution < 1.29 is 14.6 Å². The van der Waals surface area contributed by atoms with Crippen molar-refractivity contribution in [2.45, 2.75) is 6.54 Å². The molecule has 0 atom stereocenters. The minimum Gasteiger partial charge on any atom is -0.497 e. The van der Waals surface area contributed by atoms with E-state index in [1.54, 1.807) is 13.2 Å². The average Bonchev–Trinajstić information content (AvgIpc) is 2.89. The number of anilines is 1. The zero-order chi connectivity index (χ0) is 13.0. The first kappa shape index (κ1) is 12.4. The first-order valence-electron chi connectivity index (χ1n) is 5.37. The molecule has 0 saturated heterocycles. The second kappa shape index (κ2) is 5.55. The van der Waals surface area contributed by atoms with Gasteiger partial charge in [0.2, 0.25) is 0 Å². The molecule has 0 radical (unpaired) electrons. The molecule has 2 aromatic rings. The fourth-order valence-corrected chi connectivity index (χ4v) is 2.34. The van der Waals surface area contributed by atoms with Gasteiger partial charge in [-0.2, -0.15) is 0 Å². The molecule has 0 aliphatic heterocycles. The van der Waals surface area contributed by atoms with E-state index in [1.807, 2.05) is 35.7 Å². The molecule has 1 aromatic heterocycles. The van der Waals surface area contributed by atoms with E-state index >= 15 is 0 Å². The van der Waals surface area contributed by atoms with Gasteiger partial charge in [-0.3, -0.25) is 4.90 Å². The smallest absolute Gasteiger partial charge is 0.412 e. The van der Waals surface area contributed by atoms with Gasteiger partial charge >= 0.3 is 6.09 Å². The molecule has 94 valence electrons. The predicted molar refractivity (Wildman–Crippen MR) is 71.5 cm³/mol. The highest BCUT2D eigenvalue weighted by atomic mass is 32.1. The third kappa shape index (κ3) is 2.81. The van der Waals surface area contributed by atoms with E-state index in [0.717, 1.165) is 11.3 Å². The topological polar surface area (TPSA) is 49.8 Å². The molecule has 18 heavy (non-hydrogen) atoms. The van der Waals surface area contributed by atoms with E-state index in [0.29, 0.717) is 11.5 Å². The third-order valence-electron chi connectivity index (χ3n) is 2.48. The van der Waals surface area contributed by atoms with Crippen LogP contribution in [0.4, 0.5) is 9.80 Å². The maximum atomic E-state index is 11.3. The van der Waals surface area contributed by atoms with Crippen LogP contribution in [0, 0.1) is 0 Å². The van der Waals surface area contributed by atoms with Crippen molar-refractivity contribution in [3.8, 4) is 5.75 Å². The van der Waals surface area contributed by atoms with Gasteiger partial charge in [0.05, 0.1) is 13.7 Å². The van der Waals surface area contributed by atoms with Crippen molar-refractivity contribution >= 4 is 22.4 Å². The number of benzene rings is 1. The second-order valence-corrected chi connectivity index (χ2v) is 4.60. The summed E-state index contributed by atoms with van der Waals surface area (Å²) in [5, 5.41) is 11.8. The Kier molecular flexibility index (Phi) is 3.84. The number of hydrogen-bond acceptors (Lipinski definition) is 3. The predicted octanol–water partition coefficient (Wildman–Crippen LogP) is 3.44. The van der Waals surface area contributed by atoms with E-state index in [2.05, 4.69) is 0 Å². The first-order chi connectivity index (χ1) is 8.70. The Bertz CT molecular complexity index is 525. The van der Waals surface area contributed by atoms with Gasteiger partial charge in [0.15, 0.2) is 0 Å². The molecule has 5 heteroatoms. The Morgan fingerprint density at radius 3 is 2.83 bits per heavy atom. The molecule has 2 rings (SSSR count). The number of hydrogen-bond donors (Lipinski definition) is 1. The van der Waals surface area contributed by atoms with E-state index in [9.17, 15) is 9.90 Å². The second-order valence-electron chi connectivity index (χ2n) is 3.67. The molecule has 1 aromatic carbocycles. The van der Waals surface area contributed by atoms with E-state index in [4.69, 9.17) is 4.74 Å². The van der Waals surface area contributed by atoms with E-state index in [-0.39, 0.29) is 0 Å². The SMILES string of the molecule is COc1cccc(CN(C(=O)O)c2cccs2)c1. The van der Waals surface area contributed by atoms with Crippen molar-refractivity contribution in [3.63, 3.8) is 0 Å². The minimum atomic E-state index is -0.958. The Morgan fingerprint density at radius 1 is 1.39 bits per heavy atom. The van der Waals surface area contributed by atoms with Crippen LogP contribution in [0.25, 0.3) is 0 Å². The number of nitrogens with zero attached hydrogens (tertiary/aromatic N) is 1. The Balaban J connectivity index is 2.21. The maximum absolute atomic E-state index is 11.3. The lowest BCUT2D eigenvalue weighted by Crippen LogP contribution is -2.27. The molecule has 0 spiro atoms. The summed E-state index contributed by atoms with van der Waals surface area (Å²) in [7, 11) is 1.59. The summed E-state index contributed by atoms with van der Waals surface area (Å²) in [5.74, 6) is 0.726. The number of amides is 1. The van der Waals surface area contributed by atoms with Crippen molar-refractivity contribution in [2.75, 3.05) is 12.0 Å². The van der Waals surface area contributed by atoms with Crippen molar-refractivity contribution in [1.29, 1.82) is 0 Å². The molecular formula is C13H13NO3S. The summed E-state index contributed by atoms with van der Waals surface area (Å²) in [6.45, 7) is 0.313. The molecular weight excluding hydrogens is 250 g/mol. The van der Waals surface area contributed by atoms with Crippen molar-refractivity contribution in [3.05, 3.63) is 47.3 Å². The number of methoxy groups -OCH3 is 1. The van der Waals surface area contributed by atoms with Crippen LogP contribution < -0.4 is 9.64 Å². The number of rotatable bonds is 4. The fourth-order valence-electron chi connectivity index (χ4n) is 1.62. The van der Waals surface area contributed by atoms with Crippen LogP contribution in [0.15, 0.2) is 41.8 Å². The van der Waals surface area contributed by atoms with Gasteiger partial charge in [-0.25, -0.2) is 4.79 Å². The van der Waals surface area contributed by atoms with Gasteiger partial charge < -0.3 is 9.84 Å². The Morgan fingerprint density at radius 2 is 2.22 bits per heavy atom. The maximum Gasteiger partial charge on any atom is 0.412 e. The van der Waals surface area contributed by atoms with Gasteiger partial charge in [0.1, 0.15) is 10.8 Å². The monoisotopic (exact) mass is 263 g/mol. The lowest BCUT2D eigenvalue weighted by atomic mass is 10.2. The minimum absolute atomic E-state index is 0.313. The number of carbonyl (C=O) groups is 1. The van der Waals surface area contributed by atoms with Crippen LogP contribution >= 0.6 is 11.3 Å². The van der Waals surface area contributed by atoms with Gasteiger partial charge in [-0.05, 0) is 35.2 Å². The van der Waals surface area contributed by atoms with Gasteiger partial charge in [0, 0.05) is 0 Å². The molecule has 1 heterocycles. The zero-order valence-corrected chi connectivity index (χ0v) is 10.7. The lowest BCUT2D eigenvalue weighted by Gasteiger charge is -2.17. The summed E-state index contributed by atoms with van der Waals surface area (Å²) in [6, 6.07) is 11.0. The van der Waals surface area contributed by atoms with Crippen LogP contribution in [0.2, 0.25) is 0 Å². The number of ether oxygens (including phenoxy) is 1. The van der Waals surface area contributed by atoms with Crippen molar-refractivity contribution in [2.24, 2.45) is 0 Å². The molecule has 0 bridgehead atoms. The third-order valence-corrected chi connectivity index (χ3v) is 3.37. The fraction of sp³-hybridized carbons (Fsp3) is 0.154. The first-order valence-corrected chi connectivity index (χ1v) is 6.25. The molecule has 0 fully saturated rings. The lowest BCUT2D eigenvalue weighted by molar-refractivity contribution is 0.201. The van der Waals surface area contributed by atoms with Crippen LogP contribution in [0.1, 0.15) is 5.56 Å². The molecule has 1 amide bonds. The largest absolute Gasteiger partial charge is 0.497 e. The Hall–Kier alpha value is -2.01. The van der Waals surface area contributed by atoms with Crippen LogP contribution in [-0.2, 0) is 6.54 Å². The van der Waals surface area contributed by atoms with Crippen LogP contribution in [0.5, 0.6) is 5.75 Å². The summed E-state index contributed by atoms with van der Waals surface area (Å²) in [4.78, 5) is 12.6. The molecule has 0 saturated carbocycles. The van der Waals surface area contributed by atoms with Crippen LogP contribution in [-0.4, -0.2) is 18.3 Å². The van der Waals surface area contributed by atoms with E-state index in [1.165, 1.54) is 16.2 Å². The summed E-state index contributed by atoms with van der Waals surface area (Å²) in [6.07, 6.45) is -0.958. The summed E-state index contributed by atoms with van der Waals surface area (Å²) in [5.41, 5.74) is 0.894. The molecule has 0 aliphatic carbocycles. The number of thiophene rings is 1. The molecule has 4 nitrogen and oxygen atoms in total. The molecule has 0 aliphatic rings. The highest BCUT2D eigenvalue weighted by molar-refractivity contribution is 7.14. The Labute approximate surface area is 109 Å². The van der Waals surface area contributed by atoms with Gasteiger partial charge in [0.25, 0.3) is 0 Å². The highest BCUT2D eigenvalue weighted by Gasteiger charge is 2.15. The highest BCUT2D eigenvalue weighted by Crippen LogP contribution is 2.24. The van der Waals surface area contributed by atoms with Crippen LogP contribution in [0.3, 0.4) is 0 Å². The zero-order valence-electron chi connectivity index (χ0n) is 9.87. The molecule has 0 unspecified atom stereocenters. The summed E-state index contributed by atoms with van der Waals surface area (Å²) >= 11 is 1.40. The number of carboxylic acid groups (broad SMARTS) is 1. The van der Waals surface area contributed by atoms with Gasteiger partial charge in [-0.15, -0.1) is 11.3 Å². The quantitative estimate of drug-likeness (QED) is 0.919. The van der Waals surface area contributed by atoms with Crippen molar-refractivity contribution in [1.82, 2.24) is 0 Å². The normalized spacial score (nSPS) is 10.1. The summed E-state index contributed by atoms with van der Waals surface area (Å²) < 4.78 is 5.12. The van der Waals surface area contributed by atoms with E-state index < -0.39 is 6.09 Å². The molecule has 1 N–H and O–H groups in total.